The Labute approximate surface area is 82.7 Å². The van der Waals surface area contributed by atoms with Crippen molar-refractivity contribution in [2.24, 2.45) is 0 Å². The van der Waals surface area contributed by atoms with Gasteiger partial charge >= 0.3 is 6.09 Å². The summed E-state index contributed by atoms with van der Waals surface area (Å²) in [6.07, 6.45) is 9.30. The van der Waals surface area contributed by atoms with Gasteiger partial charge in [-0.2, -0.15) is 0 Å². The molecule has 0 fully saturated rings. The molecule has 14 heavy (non-hydrogen) atoms. The summed E-state index contributed by atoms with van der Waals surface area (Å²) in [6.45, 7) is 2.77. The summed E-state index contributed by atoms with van der Waals surface area (Å²) < 4.78 is 4.93. The fourth-order valence-electron chi connectivity index (χ4n) is 1.46. The number of nitrogens with zero attached hydrogens (tertiary/aromatic N) is 2. The SMILES string of the molecule is CCOC(=O)N1CC=C2C=CC=CN21. The molecule has 2 aliphatic rings. The van der Waals surface area contributed by atoms with E-state index in [2.05, 4.69) is 0 Å². The minimum atomic E-state index is -0.307. The molecule has 0 aromatic carbocycles. The molecule has 2 rings (SSSR count). The molecule has 4 heteroatoms. The van der Waals surface area contributed by atoms with E-state index in [0.29, 0.717) is 13.2 Å². The van der Waals surface area contributed by atoms with Crippen molar-refractivity contribution < 1.29 is 9.53 Å². The van der Waals surface area contributed by atoms with Crippen LogP contribution >= 0.6 is 0 Å². The van der Waals surface area contributed by atoms with Crippen LogP contribution in [0.15, 0.2) is 36.2 Å². The maximum Gasteiger partial charge on any atom is 0.429 e. The average Bonchev–Trinajstić information content (AvgIpc) is 2.61. The van der Waals surface area contributed by atoms with E-state index in [0.717, 1.165) is 5.70 Å². The highest BCUT2D eigenvalue weighted by molar-refractivity contribution is 5.68. The van der Waals surface area contributed by atoms with Crippen LogP contribution in [0.3, 0.4) is 0 Å². The van der Waals surface area contributed by atoms with E-state index in [1.807, 2.05) is 30.5 Å². The molecule has 2 aliphatic heterocycles. The van der Waals surface area contributed by atoms with Crippen LogP contribution in [0.5, 0.6) is 0 Å². The molecule has 0 aromatic heterocycles. The Morgan fingerprint density at radius 1 is 1.57 bits per heavy atom. The Hall–Kier alpha value is -1.71. The lowest BCUT2D eigenvalue weighted by molar-refractivity contribution is 0.0512. The van der Waals surface area contributed by atoms with Crippen molar-refractivity contribution >= 4 is 6.09 Å². The first-order valence-electron chi connectivity index (χ1n) is 4.61. The molecule has 0 aliphatic carbocycles. The summed E-state index contributed by atoms with van der Waals surface area (Å²) in [5.74, 6) is 0. The van der Waals surface area contributed by atoms with Crippen molar-refractivity contribution in [1.82, 2.24) is 10.0 Å². The van der Waals surface area contributed by atoms with Gasteiger partial charge in [-0.15, -0.1) is 0 Å². The van der Waals surface area contributed by atoms with Crippen LogP contribution in [0.2, 0.25) is 0 Å². The number of hydrogen-bond donors (Lipinski definition) is 0. The van der Waals surface area contributed by atoms with Crippen molar-refractivity contribution in [1.29, 1.82) is 0 Å². The number of allylic oxidation sites excluding steroid dienone is 3. The Morgan fingerprint density at radius 2 is 2.43 bits per heavy atom. The fraction of sp³-hybridized carbons (Fsp3) is 0.300. The molecule has 4 nitrogen and oxygen atoms in total. The van der Waals surface area contributed by atoms with Gasteiger partial charge in [0, 0.05) is 6.20 Å². The lowest BCUT2D eigenvalue weighted by Crippen LogP contribution is -2.39. The van der Waals surface area contributed by atoms with E-state index < -0.39 is 0 Å². The number of ether oxygens (including phenoxy) is 1. The lowest BCUT2D eigenvalue weighted by Gasteiger charge is -2.28. The topological polar surface area (TPSA) is 32.8 Å². The second-order valence-corrected chi connectivity index (χ2v) is 2.96. The van der Waals surface area contributed by atoms with E-state index >= 15 is 0 Å². The second-order valence-electron chi connectivity index (χ2n) is 2.96. The number of amides is 1. The van der Waals surface area contributed by atoms with Crippen LogP contribution in [0, 0.1) is 0 Å². The molecular weight excluding hydrogens is 180 g/mol. The molecule has 0 N–H and O–H groups in total. The monoisotopic (exact) mass is 192 g/mol. The van der Waals surface area contributed by atoms with E-state index in [9.17, 15) is 4.79 Å². The highest BCUT2D eigenvalue weighted by atomic mass is 16.6. The van der Waals surface area contributed by atoms with Gasteiger partial charge in [-0.05, 0) is 25.2 Å². The molecule has 0 saturated carbocycles. The van der Waals surface area contributed by atoms with Crippen LogP contribution in [0.4, 0.5) is 4.79 Å². The third-order valence-electron chi connectivity index (χ3n) is 2.08. The Bertz CT molecular complexity index is 331. The standard InChI is InChI=1S/C10H12N2O2/c1-2-14-10(13)12-8-6-9-5-3-4-7-11(9)12/h3-7H,2,8H2,1H3. The van der Waals surface area contributed by atoms with Crippen LogP contribution in [0.1, 0.15) is 6.92 Å². The van der Waals surface area contributed by atoms with Gasteiger partial charge in [-0.1, -0.05) is 6.08 Å². The predicted octanol–water partition coefficient (Wildman–Crippen LogP) is 1.64. The van der Waals surface area contributed by atoms with Crippen molar-refractivity contribution in [2.75, 3.05) is 13.2 Å². The largest absolute Gasteiger partial charge is 0.448 e. The van der Waals surface area contributed by atoms with Gasteiger partial charge in [0.25, 0.3) is 0 Å². The first kappa shape index (κ1) is 8.87. The van der Waals surface area contributed by atoms with E-state index in [1.165, 1.54) is 0 Å². The summed E-state index contributed by atoms with van der Waals surface area (Å²) in [5, 5.41) is 3.34. The normalized spacial score (nSPS) is 18.2. The molecule has 74 valence electrons. The van der Waals surface area contributed by atoms with Crippen LogP contribution in [-0.2, 0) is 4.74 Å². The maximum atomic E-state index is 11.5. The number of hydrazine groups is 1. The molecule has 0 atom stereocenters. The van der Waals surface area contributed by atoms with Crippen molar-refractivity contribution in [2.45, 2.75) is 6.92 Å². The highest BCUT2D eigenvalue weighted by Gasteiger charge is 2.26. The maximum absolute atomic E-state index is 11.5. The Morgan fingerprint density at radius 3 is 3.21 bits per heavy atom. The average molecular weight is 192 g/mol. The number of carbonyl (C=O) groups is 1. The Balaban J connectivity index is 2.09. The quantitative estimate of drug-likeness (QED) is 0.633. The number of rotatable bonds is 1. The van der Waals surface area contributed by atoms with Gasteiger partial charge in [-0.25, -0.2) is 9.80 Å². The Kier molecular flexibility index (Phi) is 2.26. The molecule has 0 spiro atoms. The van der Waals surface area contributed by atoms with Crippen LogP contribution in [0.25, 0.3) is 0 Å². The van der Waals surface area contributed by atoms with Gasteiger partial charge in [0.15, 0.2) is 0 Å². The molecule has 1 amide bonds. The summed E-state index contributed by atoms with van der Waals surface area (Å²) in [4.78, 5) is 11.5. The minimum absolute atomic E-state index is 0.307. The zero-order chi connectivity index (χ0) is 9.97. The van der Waals surface area contributed by atoms with E-state index in [-0.39, 0.29) is 6.09 Å². The molecule has 0 aromatic rings. The predicted molar refractivity (Wildman–Crippen MR) is 51.9 cm³/mol. The van der Waals surface area contributed by atoms with Gasteiger partial charge in [-0.3, -0.25) is 5.01 Å². The molecule has 0 bridgehead atoms. The third kappa shape index (κ3) is 1.39. The van der Waals surface area contributed by atoms with Gasteiger partial charge in [0.05, 0.1) is 18.8 Å². The highest BCUT2D eigenvalue weighted by Crippen LogP contribution is 2.21. The fourth-order valence-corrected chi connectivity index (χ4v) is 1.46. The van der Waals surface area contributed by atoms with Crippen LogP contribution in [-0.4, -0.2) is 29.3 Å². The van der Waals surface area contributed by atoms with E-state index in [1.54, 1.807) is 16.9 Å². The number of carbonyl (C=O) groups excluding carboxylic acids is 1. The summed E-state index contributed by atoms with van der Waals surface area (Å²) in [5.41, 5.74) is 1.01. The van der Waals surface area contributed by atoms with Crippen molar-refractivity contribution in [3.63, 3.8) is 0 Å². The van der Waals surface area contributed by atoms with E-state index in [4.69, 9.17) is 4.74 Å². The van der Waals surface area contributed by atoms with Crippen molar-refractivity contribution in [3.05, 3.63) is 36.2 Å². The summed E-state index contributed by atoms with van der Waals surface area (Å²) >= 11 is 0. The van der Waals surface area contributed by atoms with Gasteiger partial charge in [0.1, 0.15) is 0 Å². The van der Waals surface area contributed by atoms with Gasteiger partial charge in [0.2, 0.25) is 0 Å². The molecule has 0 saturated heterocycles. The van der Waals surface area contributed by atoms with Gasteiger partial charge < -0.3 is 4.74 Å². The summed E-state index contributed by atoms with van der Waals surface area (Å²) in [6, 6.07) is 0. The number of hydrogen-bond acceptors (Lipinski definition) is 3. The molecule has 0 unspecified atom stereocenters. The molecular formula is C10H12N2O2. The second kappa shape index (κ2) is 3.57. The number of fused-ring (bicyclic) bond motifs is 1. The smallest absolute Gasteiger partial charge is 0.429 e. The first-order chi connectivity index (χ1) is 6.83. The van der Waals surface area contributed by atoms with Crippen molar-refractivity contribution in [3.8, 4) is 0 Å². The molecule has 0 radical (unpaired) electrons. The zero-order valence-corrected chi connectivity index (χ0v) is 8.01. The minimum Gasteiger partial charge on any atom is -0.448 e. The third-order valence-corrected chi connectivity index (χ3v) is 2.08. The molecule has 2 heterocycles. The lowest BCUT2D eigenvalue weighted by atomic mass is 10.3. The zero-order valence-electron chi connectivity index (χ0n) is 8.01. The summed E-state index contributed by atoms with van der Waals surface area (Å²) in [7, 11) is 0. The first-order valence-corrected chi connectivity index (χ1v) is 4.61. The van der Waals surface area contributed by atoms with Crippen LogP contribution < -0.4 is 0 Å².